The zero-order valence-electron chi connectivity index (χ0n) is 38.8. The van der Waals surface area contributed by atoms with Gasteiger partial charge >= 0.3 is 0 Å². The van der Waals surface area contributed by atoms with E-state index in [0.29, 0.717) is 0 Å². The van der Waals surface area contributed by atoms with E-state index >= 15 is 0 Å². The lowest BCUT2D eigenvalue weighted by Gasteiger charge is -2.05. The summed E-state index contributed by atoms with van der Waals surface area (Å²) in [4.78, 5) is 11.7. The lowest BCUT2D eigenvalue weighted by atomic mass is 10.0. The standard InChI is InChI=1S/C56H72S8/c1-3-5-7-9-11-13-15-17-19-21-23-25-27-31-41-49(47-37-35-45(59-47)43-33-29-39-57-43)61-53-51(41)63-56-54-52(64-55(53)56)42(32-28-26-24-22-20-18-16-14-12-10-8-6-4-2)50(62-54)48-38-36-46(60-48)44-34-30-40-58-44/h29-30,33-40H,3-28,31-32H2,1-2H3. The zero-order chi connectivity index (χ0) is 43.8. The molecule has 0 saturated carbocycles. The molecule has 0 aromatic carbocycles. The molecule has 0 unspecified atom stereocenters. The Hall–Kier alpha value is -1.62. The van der Waals surface area contributed by atoms with Gasteiger partial charge in [0.1, 0.15) is 0 Å². The number of rotatable bonds is 32. The summed E-state index contributed by atoms with van der Waals surface area (Å²) in [6.07, 6.45) is 39.0. The highest BCUT2D eigenvalue weighted by Crippen LogP contribution is 2.57. The van der Waals surface area contributed by atoms with Gasteiger partial charge in [0.15, 0.2) is 0 Å². The van der Waals surface area contributed by atoms with E-state index in [2.05, 4.69) is 118 Å². The maximum Gasteiger partial charge on any atom is 0.0651 e. The minimum Gasteiger partial charge on any atom is -0.143 e. The molecule has 8 rings (SSSR count). The van der Waals surface area contributed by atoms with Crippen LogP contribution >= 0.6 is 90.7 Å². The topological polar surface area (TPSA) is 0 Å². The van der Waals surface area contributed by atoms with Crippen LogP contribution in [0, 0.1) is 0 Å². The second-order valence-corrected chi connectivity index (χ2v) is 26.4. The number of thiophene rings is 8. The fourth-order valence-electron chi connectivity index (χ4n) is 9.52. The van der Waals surface area contributed by atoms with E-state index in [1.807, 2.05) is 45.3 Å². The van der Waals surface area contributed by atoms with E-state index in [9.17, 15) is 0 Å². The summed E-state index contributed by atoms with van der Waals surface area (Å²) in [5.74, 6) is 0. The lowest BCUT2D eigenvalue weighted by Crippen LogP contribution is -1.87. The highest BCUT2D eigenvalue weighted by Gasteiger charge is 2.26. The number of hydrogen-bond acceptors (Lipinski definition) is 8. The van der Waals surface area contributed by atoms with Crippen LogP contribution in [-0.4, -0.2) is 0 Å². The normalized spacial score (nSPS) is 12.1. The summed E-state index contributed by atoms with van der Waals surface area (Å²) in [7, 11) is 0. The Bertz CT molecular complexity index is 2330. The Morgan fingerprint density at radius 3 is 0.922 bits per heavy atom. The van der Waals surface area contributed by atoms with Gasteiger partial charge in [0, 0.05) is 39.0 Å². The van der Waals surface area contributed by atoms with E-state index in [1.54, 1.807) is 49.1 Å². The van der Waals surface area contributed by atoms with Crippen molar-refractivity contribution >= 4 is 119 Å². The van der Waals surface area contributed by atoms with E-state index in [-0.39, 0.29) is 0 Å². The Balaban J connectivity index is 0.977. The van der Waals surface area contributed by atoms with E-state index in [0.717, 1.165) is 0 Å². The van der Waals surface area contributed by atoms with Crippen LogP contribution in [0.1, 0.15) is 192 Å². The Morgan fingerprint density at radius 1 is 0.281 bits per heavy atom. The summed E-state index contributed by atoms with van der Waals surface area (Å²) >= 11 is 16.3. The third-order valence-corrected chi connectivity index (χ3v) is 23.5. The molecule has 0 radical (unpaired) electrons. The molecule has 0 aliphatic rings. The number of unbranched alkanes of at least 4 members (excludes halogenated alkanes) is 24. The second-order valence-electron chi connectivity index (χ2n) is 18.3. The van der Waals surface area contributed by atoms with Crippen LogP contribution in [0.15, 0.2) is 59.3 Å². The van der Waals surface area contributed by atoms with Crippen molar-refractivity contribution in [1.82, 2.24) is 0 Å². The molecule has 344 valence electrons. The third-order valence-electron chi connectivity index (χ3n) is 13.2. The van der Waals surface area contributed by atoms with Crippen molar-refractivity contribution in [1.29, 1.82) is 0 Å². The summed E-state index contributed by atoms with van der Waals surface area (Å²) in [6.45, 7) is 4.63. The van der Waals surface area contributed by atoms with Crippen LogP contribution in [0.4, 0.5) is 0 Å². The van der Waals surface area contributed by atoms with Crippen molar-refractivity contribution in [2.24, 2.45) is 0 Å². The van der Waals surface area contributed by atoms with Crippen LogP contribution in [0.2, 0.25) is 0 Å². The molecule has 0 bridgehead atoms. The zero-order valence-corrected chi connectivity index (χ0v) is 45.4. The molecule has 0 saturated heterocycles. The van der Waals surface area contributed by atoms with Gasteiger partial charge in [0.2, 0.25) is 0 Å². The molecule has 0 nitrogen and oxygen atoms in total. The molecule has 8 heterocycles. The van der Waals surface area contributed by atoms with Gasteiger partial charge in [-0.3, -0.25) is 0 Å². The first-order valence-electron chi connectivity index (χ1n) is 25.4. The van der Waals surface area contributed by atoms with Crippen LogP contribution < -0.4 is 0 Å². The molecule has 0 fully saturated rings. The van der Waals surface area contributed by atoms with Crippen LogP contribution in [-0.2, 0) is 12.8 Å². The van der Waals surface area contributed by atoms with E-state index in [1.165, 1.54) is 209 Å². The highest BCUT2D eigenvalue weighted by molar-refractivity contribution is 7.46. The number of hydrogen-bond donors (Lipinski definition) is 0. The van der Waals surface area contributed by atoms with Crippen molar-refractivity contribution in [2.75, 3.05) is 0 Å². The Labute approximate surface area is 418 Å². The number of fused-ring (bicyclic) bond motifs is 5. The van der Waals surface area contributed by atoms with Gasteiger partial charge in [-0.1, -0.05) is 180 Å². The van der Waals surface area contributed by atoms with Gasteiger partial charge in [-0.2, -0.15) is 0 Å². The van der Waals surface area contributed by atoms with Crippen molar-refractivity contribution in [3.63, 3.8) is 0 Å². The first-order valence-corrected chi connectivity index (χ1v) is 32.1. The molecular formula is C56H72S8. The maximum absolute atomic E-state index is 2.43. The van der Waals surface area contributed by atoms with Gasteiger partial charge in [0.05, 0.1) is 28.2 Å². The van der Waals surface area contributed by atoms with Crippen molar-refractivity contribution < 1.29 is 0 Å². The van der Waals surface area contributed by atoms with Gasteiger partial charge in [-0.15, -0.1) is 90.7 Å². The smallest absolute Gasteiger partial charge is 0.0651 e. The first-order chi connectivity index (χ1) is 31.7. The first kappa shape index (κ1) is 48.8. The Morgan fingerprint density at radius 2 is 0.594 bits per heavy atom. The average Bonchev–Trinajstić information content (AvgIpc) is 4.15. The molecule has 0 amide bonds. The predicted molar refractivity (Wildman–Crippen MR) is 303 cm³/mol. The summed E-state index contributed by atoms with van der Waals surface area (Å²) in [5, 5.41) is 4.43. The van der Waals surface area contributed by atoms with Gasteiger partial charge in [-0.25, -0.2) is 0 Å². The summed E-state index contributed by atoms with van der Waals surface area (Å²) in [5.41, 5.74) is 3.29. The second kappa shape index (κ2) is 26.2. The fourth-order valence-corrected chi connectivity index (χ4v) is 19.7. The molecular weight excluding hydrogens is 929 g/mol. The maximum atomic E-state index is 2.43. The minimum atomic E-state index is 1.21. The predicted octanol–water partition coefficient (Wildman–Crippen LogP) is 23.6. The van der Waals surface area contributed by atoms with E-state index in [4.69, 9.17) is 0 Å². The van der Waals surface area contributed by atoms with Crippen molar-refractivity contribution in [2.45, 2.75) is 194 Å². The molecule has 0 N–H and O–H groups in total. The van der Waals surface area contributed by atoms with Gasteiger partial charge in [-0.05, 0) is 84.0 Å². The van der Waals surface area contributed by atoms with Crippen molar-refractivity contribution in [3.8, 4) is 39.0 Å². The van der Waals surface area contributed by atoms with Gasteiger partial charge in [0.25, 0.3) is 0 Å². The van der Waals surface area contributed by atoms with Gasteiger partial charge < -0.3 is 0 Å². The van der Waals surface area contributed by atoms with Crippen LogP contribution in [0.25, 0.3) is 67.2 Å². The SMILES string of the molecule is CCCCCCCCCCCCCCCc1c(-c2ccc(-c3cccs3)s2)sc2c1sc1c3sc(-c4ccc(-c5cccs5)s4)c(CCCCCCCCCCCCCCC)c3sc21. The molecule has 0 spiro atoms. The van der Waals surface area contributed by atoms with E-state index < -0.39 is 0 Å². The quantitative estimate of drug-likeness (QED) is 0.0369. The largest absolute Gasteiger partial charge is 0.143 e. The average molecular weight is 1000 g/mol. The van der Waals surface area contributed by atoms with Crippen LogP contribution in [0.3, 0.4) is 0 Å². The number of aryl methyl sites for hydroxylation is 2. The molecule has 64 heavy (non-hydrogen) atoms. The van der Waals surface area contributed by atoms with Crippen molar-refractivity contribution in [3.05, 3.63) is 70.4 Å². The Kier molecular flexibility index (Phi) is 20.0. The molecule has 0 atom stereocenters. The fraction of sp³-hybridized carbons (Fsp3) is 0.536. The molecule has 0 aliphatic carbocycles. The molecule has 8 aromatic heterocycles. The monoisotopic (exact) mass is 1000 g/mol. The molecule has 8 heteroatoms. The third kappa shape index (κ3) is 12.9. The summed E-state index contributed by atoms with van der Waals surface area (Å²) in [6, 6.07) is 18.6. The van der Waals surface area contributed by atoms with Crippen LogP contribution in [0.5, 0.6) is 0 Å². The minimum absolute atomic E-state index is 1.21. The highest BCUT2D eigenvalue weighted by atomic mass is 32.1. The molecule has 0 aliphatic heterocycles. The lowest BCUT2D eigenvalue weighted by molar-refractivity contribution is 0.539. The summed E-state index contributed by atoms with van der Waals surface area (Å²) < 4.78 is 9.48. The molecule has 8 aromatic rings.